The lowest BCUT2D eigenvalue weighted by atomic mass is 9.87. The van der Waals surface area contributed by atoms with Crippen LogP contribution in [0, 0.1) is 6.92 Å². The van der Waals surface area contributed by atoms with Crippen molar-refractivity contribution in [2.75, 3.05) is 0 Å². The highest BCUT2D eigenvalue weighted by Gasteiger charge is 2.20. The van der Waals surface area contributed by atoms with E-state index in [0.717, 1.165) is 6.42 Å². The topological polar surface area (TPSA) is 12.0 Å². The summed E-state index contributed by atoms with van der Waals surface area (Å²) in [5, 5.41) is 3.82. The van der Waals surface area contributed by atoms with E-state index in [4.69, 9.17) is 0 Å². The minimum absolute atomic E-state index is 0.423. The maximum absolute atomic E-state index is 3.82. The second-order valence-corrected chi connectivity index (χ2v) is 5.95. The fraction of sp³-hybridized carbons (Fsp3) is 0.368. The van der Waals surface area contributed by atoms with Gasteiger partial charge < -0.3 is 5.32 Å². The Hall–Kier alpha value is -1.60. The highest BCUT2D eigenvalue weighted by molar-refractivity contribution is 5.31. The summed E-state index contributed by atoms with van der Waals surface area (Å²) in [6.07, 6.45) is 3.61. The largest absolute Gasteiger partial charge is 0.307 e. The molecule has 0 aliphatic heterocycles. The van der Waals surface area contributed by atoms with E-state index in [1.54, 1.807) is 0 Å². The van der Waals surface area contributed by atoms with Crippen LogP contribution in [0.5, 0.6) is 0 Å². The van der Waals surface area contributed by atoms with Gasteiger partial charge in [-0.05, 0) is 55.4 Å². The Kier molecular flexibility index (Phi) is 3.88. The van der Waals surface area contributed by atoms with Gasteiger partial charge in [0, 0.05) is 12.1 Å². The van der Waals surface area contributed by atoms with Crippen LogP contribution in [0.2, 0.25) is 0 Å². The predicted octanol–water partition coefficient (Wildman–Crippen LogP) is 4.20. The maximum Gasteiger partial charge on any atom is 0.0297 e. The molecule has 0 radical (unpaired) electrons. The summed E-state index contributed by atoms with van der Waals surface area (Å²) >= 11 is 0. The van der Waals surface area contributed by atoms with Crippen molar-refractivity contribution in [1.82, 2.24) is 5.32 Å². The molecule has 1 aliphatic rings. The predicted molar refractivity (Wildman–Crippen MR) is 85.0 cm³/mol. The van der Waals surface area contributed by atoms with Crippen LogP contribution >= 0.6 is 0 Å². The van der Waals surface area contributed by atoms with Crippen molar-refractivity contribution < 1.29 is 0 Å². The van der Waals surface area contributed by atoms with Gasteiger partial charge in [0.25, 0.3) is 0 Å². The fourth-order valence-electron chi connectivity index (χ4n) is 3.36. The Morgan fingerprint density at radius 3 is 2.50 bits per heavy atom. The molecule has 0 fully saturated rings. The molecule has 0 bridgehead atoms. The van der Waals surface area contributed by atoms with Crippen LogP contribution in [-0.4, -0.2) is 6.04 Å². The zero-order valence-electron chi connectivity index (χ0n) is 12.4. The van der Waals surface area contributed by atoms with Gasteiger partial charge in [-0.1, -0.05) is 48.5 Å². The van der Waals surface area contributed by atoms with E-state index in [-0.39, 0.29) is 0 Å². The molecule has 1 N–H and O–H groups in total. The third kappa shape index (κ3) is 2.78. The van der Waals surface area contributed by atoms with Gasteiger partial charge in [0.2, 0.25) is 0 Å². The first-order chi connectivity index (χ1) is 9.74. The Morgan fingerprint density at radius 1 is 1.00 bits per heavy atom. The van der Waals surface area contributed by atoms with E-state index >= 15 is 0 Å². The Labute approximate surface area is 122 Å². The van der Waals surface area contributed by atoms with Crippen LogP contribution in [0.4, 0.5) is 0 Å². The Morgan fingerprint density at radius 2 is 1.70 bits per heavy atom. The van der Waals surface area contributed by atoms with Crippen LogP contribution in [-0.2, 0) is 12.8 Å². The number of fused-ring (bicyclic) bond motifs is 1. The first-order valence-corrected chi connectivity index (χ1v) is 7.62. The van der Waals surface area contributed by atoms with Crippen molar-refractivity contribution in [3.8, 4) is 0 Å². The molecule has 2 atom stereocenters. The summed E-state index contributed by atoms with van der Waals surface area (Å²) in [5.41, 5.74) is 5.86. The van der Waals surface area contributed by atoms with Crippen molar-refractivity contribution in [1.29, 1.82) is 0 Å². The van der Waals surface area contributed by atoms with Gasteiger partial charge in [0.15, 0.2) is 0 Å². The molecule has 0 heterocycles. The van der Waals surface area contributed by atoms with Gasteiger partial charge in [0.1, 0.15) is 0 Å². The summed E-state index contributed by atoms with van der Waals surface area (Å²) in [6.45, 7) is 4.48. The zero-order valence-corrected chi connectivity index (χ0v) is 12.4. The molecule has 1 nitrogen and oxygen atoms in total. The molecule has 2 aromatic rings. The minimum Gasteiger partial charge on any atom is -0.307 e. The van der Waals surface area contributed by atoms with E-state index in [1.807, 2.05) is 0 Å². The standard InChI is InChI=1S/C19H23N/c1-14-7-3-6-10-19(14)15(2)20-18-12-11-16-8-4-5-9-17(16)13-18/h3-10,15,18,20H,11-13H2,1-2H3/t15-,18?/m1/s1. The third-order valence-electron chi connectivity index (χ3n) is 4.49. The number of benzene rings is 2. The number of nitrogens with one attached hydrogen (secondary N) is 1. The number of rotatable bonds is 3. The van der Waals surface area contributed by atoms with Gasteiger partial charge in [-0.2, -0.15) is 0 Å². The smallest absolute Gasteiger partial charge is 0.0297 e. The normalized spacial score (nSPS) is 19.4. The monoisotopic (exact) mass is 265 g/mol. The molecule has 104 valence electrons. The van der Waals surface area contributed by atoms with Crippen molar-refractivity contribution >= 4 is 0 Å². The van der Waals surface area contributed by atoms with Crippen LogP contribution in [0.25, 0.3) is 0 Å². The average Bonchev–Trinajstić information content (AvgIpc) is 2.47. The average molecular weight is 265 g/mol. The SMILES string of the molecule is Cc1ccccc1[C@@H](C)NC1CCc2ccccc2C1. The molecular formula is C19H23N. The van der Waals surface area contributed by atoms with E-state index in [0.29, 0.717) is 12.1 Å². The fourth-order valence-corrected chi connectivity index (χ4v) is 3.36. The van der Waals surface area contributed by atoms with E-state index in [9.17, 15) is 0 Å². The van der Waals surface area contributed by atoms with Crippen molar-refractivity contribution in [2.45, 2.75) is 45.2 Å². The van der Waals surface area contributed by atoms with Crippen LogP contribution < -0.4 is 5.32 Å². The summed E-state index contributed by atoms with van der Waals surface area (Å²) in [5.74, 6) is 0. The van der Waals surface area contributed by atoms with E-state index in [1.165, 1.54) is 35.1 Å². The second kappa shape index (κ2) is 5.80. The third-order valence-corrected chi connectivity index (χ3v) is 4.49. The lowest BCUT2D eigenvalue weighted by molar-refractivity contribution is 0.413. The second-order valence-electron chi connectivity index (χ2n) is 5.95. The van der Waals surface area contributed by atoms with Crippen LogP contribution in [0.15, 0.2) is 48.5 Å². The molecule has 0 aromatic heterocycles. The molecular weight excluding hydrogens is 242 g/mol. The van der Waals surface area contributed by atoms with Gasteiger partial charge in [-0.25, -0.2) is 0 Å². The number of aryl methyl sites for hydroxylation is 2. The first kappa shape index (κ1) is 13.4. The summed E-state index contributed by atoms with van der Waals surface area (Å²) in [6, 6.07) is 18.6. The van der Waals surface area contributed by atoms with Gasteiger partial charge in [0.05, 0.1) is 0 Å². The summed E-state index contributed by atoms with van der Waals surface area (Å²) < 4.78 is 0. The molecule has 0 spiro atoms. The highest BCUT2D eigenvalue weighted by Crippen LogP contribution is 2.24. The molecule has 1 aliphatic carbocycles. The quantitative estimate of drug-likeness (QED) is 0.877. The number of hydrogen-bond donors (Lipinski definition) is 1. The van der Waals surface area contributed by atoms with Gasteiger partial charge >= 0.3 is 0 Å². The Bertz CT molecular complexity index is 588. The molecule has 0 saturated heterocycles. The molecule has 3 rings (SSSR count). The van der Waals surface area contributed by atoms with Gasteiger partial charge in [-0.15, -0.1) is 0 Å². The molecule has 2 aromatic carbocycles. The van der Waals surface area contributed by atoms with Crippen molar-refractivity contribution in [3.05, 3.63) is 70.8 Å². The molecule has 0 amide bonds. The molecule has 0 saturated carbocycles. The highest BCUT2D eigenvalue weighted by atomic mass is 14.9. The van der Waals surface area contributed by atoms with Crippen LogP contribution in [0.1, 0.15) is 41.6 Å². The number of hydrogen-bond acceptors (Lipinski definition) is 1. The molecule has 1 unspecified atom stereocenters. The van der Waals surface area contributed by atoms with E-state index in [2.05, 4.69) is 67.7 Å². The van der Waals surface area contributed by atoms with Crippen LogP contribution in [0.3, 0.4) is 0 Å². The first-order valence-electron chi connectivity index (χ1n) is 7.62. The van der Waals surface area contributed by atoms with E-state index < -0.39 is 0 Å². The summed E-state index contributed by atoms with van der Waals surface area (Å²) in [7, 11) is 0. The molecule has 1 heteroatoms. The molecule has 20 heavy (non-hydrogen) atoms. The maximum atomic E-state index is 3.82. The lowest BCUT2D eigenvalue weighted by Crippen LogP contribution is -2.36. The summed E-state index contributed by atoms with van der Waals surface area (Å²) in [4.78, 5) is 0. The van der Waals surface area contributed by atoms with Gasteiger partial charge in [-0.3, -0.25) is 0 Å². The zero-order chi connectivity index (χ0) is 13.9. The Balaban J connectivity index is 1.69. The van der Waals surface area contributed by atoms with Crippen molar-refractivity contribution in [3.63, 3.8) is 0 Å². The lowest BCUT2D eigenvalue weighted by Gasteiger charge is -2.29. The minimum atomic E-state index is 0.423. The van der Waals surface area contributed by atoms with Crippen molar-refractivity contribution in [2.24, 2.45) is 0 Å².